The summed E-state index contributed by atoms with van der Waals surface area (Å²) in [4.78, 5) is 35.7. The van der Waals surface area contributed by atoms with Crippen LogP contribution in [-0.2, 0) is 16.0 Å². The zero-order chi connectivity index (χ0) is 15.6. The highest BCUT2D eigenvalue weighted by atomic mass is 32.1. The van der Waals surface area contributed by atoms with Crippen molar-refractivity contribution in [2.24, 2.45) is 5.73 Å². The Kier molecular flexibility index (Phi) is 4.62. The summed E-state index contributed by atoms with van der Waals surface area (Å²) in [6.45, 7) is 1.88. The Morgan fingerprint density at radius 3 is 2.71 bits per heavy atom. The first-order valence-corrected chi connectivity index (χ1v) is 7.75. The second kappa shape index (κ2) is 6.26. The summed E-state index contributed by atoms with van der Waals surface area (Å²) >= 11 is 1.27. The van der Waals surface area contributed by atoms with Gasteiger partial charge in [0, 0.05) is 11.3 Å². The van der Waals surface area contributed by atoms with Gasteiger partial charge in [0.05, 0.1) is 11.5 Å². The molecule has 0 aromatic carbocycles. The number of anilines is 1. The molecule has 0 aliphatic heterocycles. The lowest BCUT2D eigenvalue weighted by Crippen LogP contribution is -2.23. The Labute approximate surface area is 126 Å². The Hall–Kier alpha value is -1.89. The molecule has 0 fully saturated rings. The normalized spacial score (nSPS) is 17.1. The van der Waals surface area contributed by atoms with Crippen LogP contribution in [0, 0.1) is 0 Å². The lowest BCUT2D eigenvalue weighted by Gasteiger charge is -2.19. The third-order valence-electron chi connectivity index (χ3n) is 3.54. The number of carboxylic acids is 1. The standard InChI is InChI=1S/C14H18N2O4S/c1-2-4-9(17)16-13-11(12(15)18)10-7(14(19)20)5-3-6-8(10)21-13/h7H,2-6H2,1H3,(H2,15,18)(H,16,17)(H,19,20). The molecule has 1 aliphatic rings. The molecule has 1 aromatic heterocycles. The number of hydrogen-bond donors (Lipinski definition) is 3. The molecule has 2 rings (SSSR count). The number of fused-ring (bicyclic) bond motifs is 1. The molecule has 114 valence electrons. The predicted molar refractivity (Wildman–Crippen MR) is 79.7 cm³/mol. The van der Waals surface area contributed by atoms with E-state index in [2.05, 4.69) is 5.32 Å². The summed E-state index contributed by atoms with van der Waals surface area (Å²) in [5, 5.41) is 12.4. The van der Waals surface area contributed by atoms with Gasteiger partial charge >= 0.3 is 5.97 Å². The maximum atomic E-state index is 11.7. The summed E-state index contributed by atoms with van der Waals surface area (Å²) in [5.74, 6) is -2.55. The Balaban J connectivity index is 2.46. The highest BCUT2D eigenvalue weighted by molar-refractivity contribution is 7.17. The predicted octanol–water partition coefficient (Wildman–Crippen LogP) is 2.09. The molecule has 1 aromatic rings. The van der Waals surface area contributed by atoms with Crippen molar-refractivity contribution in [1.29, 1.82) is 0 Å². The summed E-state index contributed by atoms with van der Waals surface area (Å²) in [7, 11) is 0. The molecule has 2 amide bonds. The van der Waals surface area contributed by atoms with Crippen LogP contribution < -0.4 is 11.1 Å². The van der Waals surface area contributed by atoms with Gasteiger partial charge in [0.15, 0.2) is 0 Å². The van der Waals surface area contributed by atoms with Crippen molar-refractivity contribution in [1.82, 2.24) is 0 Å². The molecule has 1 atom stereocenters. The summed E-state index contributed by atoms with van der Waals surface area (Å²) in [6, 6.07) is 0. The van der Waals surface area contributed by atoms with Gasteiger partial charge in [-0.15, -0.1) is 11.3 Å². The van der Waals surface area contributed by atoms with E-state index >= 15 is 0 Å². The van der Waals surface area contributed by atoms with Gasteiger partial charge in [-0.3, -0.25) is 14.4 Å². The van der Waals surface area contributed by atoms with Crippen LogP contribution >= 0.6 is 11.3 Å². The van der Waals surface area contributed by atoms with Gasteiger partial charge in [0.2, 0.25) is 5.91 Å². The maximum Gasteiger partial charge on any atom is 0.311 e. The highest BCUT2D eigenvalue weighted by Crippen LogP contribution is 2.43. The van der Waals surface area contributed by atoms with E-state index in [0.29, 0.717) is 36.2 Å². The SMILES string of the molecule is CCCC(=O)Nc1sc2c(c1C(N)=O)C(C(=O)O)CCC2. The zero-order valence-electron chi connectivity index (χ0n) is 11.8. The van der Waals surface area contributed by atoms with Crippen LogP contribution in [0.3, 0.4) is 0 Å². The molecule has 1 unspecified atom stereocenters. The largest absolute Gasteiger partial charge is 0.481 e. The molecular weight excluding hydrogens is 292 g/mol. The fourth-order valence-electron chi connectivity index (χ4n) is 2.65. The smallest absolute Gasteiger partial charge is 0.311 e. The average molecular weight is 310 g/mol. The van der Waals surface area contributed by atoms with E-state index in [-0.39, 0.29) is 11.5 Å². The first-order valence-electron chi connectivity index (χ1n) is 6.93. The highest BCUT2D eigenvalue weighted by Gasteiger charge is 2.34. The molecule has 0 radical (unpaired) electrons. The van der Waals surface area contributed by atoms with Gasteiger partial charge in [0.1, 0.15) is 5.00 Å². The van der Waals surface area contributed by atoms with Crippen LogP contribution in [0.25, 0.3) is 0 Å². The quantitative estimate of drug-likeness (QED) is 0.773. The van der Waals surface area contributed by atoms with Gasteiger partial charge in [-0.05, 0) is 31.2 Å². The number of nitrogens with one attached hydrogen (secondary N) is 1. The lowest BCUT2D eigenvalue weighted by molar-refractivity contribution is -0.139. The third kappa shape index (κ3) is 3.07. The van der Waals surface area contributed by atoms with E-state index in [4.69, 9.17) is 5.73 Å². The number of aliphatic carboxylic acids is 1. The van der Waals surface area contributed by atoms with E-state index in [1.54, 1.807) is 0 Å². The molecule has 0 saturated carbocycles. The molecule has 4 N–H and O–H groups in total. The molecule has 6 nitrogen and oxygen atoms in total. The maximum absolute atomic E-state index is 11.7. The van der Waals surface area contributed by atoms with Crippen LogP contribution in [0.2, 0.25) is 0 Å². The monoisotopic (exact) mass is 310 g/mol. The number of aryl methyl sites for hydroxylation is 1. The Bertz CT molecular complexity index is 594. The van der Waals surface area contributed by atoms with Gasteiger partial charge in [-0.1, -0.05) is 6.92 Å². The number of hydrogen-bond acceptors (Lipinski definition) is 4. The van der Waals surface area contributed by atoms with Crippen molar-refractivity contribution in [2.75, 3.05) is 5.32 Å². The van der Waals surface area contributed by atoms with Crippen LogP contribution in [0.1, 0.15) is 59.3 Å². The van der Waals surface area contributed by atoms with Crippen molar-refractivity contribution >= 4 is 34.1 Å². The third-order valence-corrected chi connectivity index (χ3v) is 4.72. The fraction of sp³-hybridized carbons (Fsp3) is 0.500. The van der Waals surface area contributed by atoms with Crippen LogP contribution in [0.5, 0.6) is 0 Å². The second-order valence-corrected chi connectivity index (χ2v) is 6.19. The van der Waals surface area contributed by atoms with E-state index in [9.17, 15) is 19.5 Å². The molecule has 0 bridgehead atoms. The second-order valence-electron chi connectivity index (χ2n) is 5.09. The van der Waals surface area contributed by atoms with E-state index < -0.39 is 17.8 Å². The first kappa shape index (κ1) is 15.5. The van der Waals surface area contributed by atoms with Crippen LogP contribution in [0.4, 0.5) is 5.00 Å². The van der Waals surface area contributed by atoms with Crippen LogP contribution in [-0.4, -0.2) is 22.9 Å². The van der Waals surface area contributed by atoms with Gasteiger partial charge in [0.25, 0.3) is 5.91 Å². The summed E-state index contributed by atoms with van der Waals surface area (Å²) < 4.78 is 0. The molecule has 7 heteroatoms. The molecular formula is C14H18N2O4S. The van der Waals surface area contributed by atoms with Crippen molar-refractivity contribution in [3.8, 4) is 0 Å². The minimum atomic E-state index is -0.956. The number of rotatable bonds is 5. The average Bonchev–Trinajstić information content (AvgIpc) is 2.75. The zero-order valence-corrected chi connectivity index (χ0v) is 12.6. The van der Waals surface area contributed by atoms with Gasteiger partial charge < -0.3 is 16.2 Å². The number of carbonyl (C=O) groups excluding carboxylic acids is 2. The summed E-state index contributed by atoms with van der Waals surface area (Å²) in [6.07, 6.45) is 3.00. The van der Waals surface area contributed by atoms with E-state index in [1.807, 2.05) is 6.92 Å². The van der Waals surface area contributed by atoms with Gasteiger partial charge in [-0.25, -0.2) is 0 Å². The Morgan fingerprint density at radius 1 is 1.43 bits per heavy atom. The number of carbonyl (C=O) groups is 3. The van der Waals surface area contributed by atoms with Crippen molar-refractivity contribution < 1.29 is 19.5 Å². The van der Waals surface area contributed by atoms with Crippen molar-refractivity contribution in [3.05, 3.63) is 16.0 Å². The van der Waals surface area contributed by atoms with Crippen molar-refractivity contribution in [2.45, 2.75) is 44.9 Å². The number of primary amides is 1. The molecule has 1 heterocycles. The number of carboxylic acid groups (broad SMARTS) is 1. The summed E-state index contributed by atoms with van der Waals surface area (Å²) in [5.41, 5.74) is 6.09. The Morgan fingerprint density at radius 2 is 2.14 bits per heavy atom. The molecule has 1 aliphatic carbocycles. The first-order chi connectivity index (χ1) is 9.95. The fourth-order valence-corrected chi connectivity index (χ4v) is 3.98. The minimum absolute atomic E-state index is 0.173. The van der Waals surface area contributed by atoms with Gasteiger partial charge in [-0.2, -0.15) is 0 Å². The minimum Gasteiger partial charge on any atom is -0.481 e. The molecule has 0 saturated heterocycles. The van der Waals surface area contributed by atoms with E-state index in [0.717, 1.165) is 11.3 Å². The molecule has 21 heavy (non-hydrogen) atoms. The molecule has 0 spiro atoms. The number of amides is 2. The number of thiophene rings is 1. The van der Waals surface area contributed by atoms with Crippen LogP contribution in [0.15, 0.2) is 0 Å². The lowest BCUT2D eigenvalue weighted by atomic mass is 9.85. The van der Waals surface area contributed by atoms with E-state index in [1.165, 1.54) is 11.3 Å². The topological polar surface area (TPSA) is 109 Å². The van der Waals surface area contributed by atoms with Crippen molar-refractivity contribution in [3.63, 3.8) is 0 Å². The number of nitrogens with two attached hydrogens (primary N) is 1.